The van der Waals surface area contributed by atoms with Gasteiger partial charge in [-0.25, -0.2) is 0 Å². The molecular weight excluding hydrogens is 391 g/mol. The zero-order valence-electron chi connectivity index (χ0n) is 12.6. The Labute approximate surface area is 147 Å². The fraction of sp³-hybridized carbons (Fsp3) is 0.571. The van der Waals surface area contributed by atoms with Crippen LogP contribution in [0.4, 0.5) is 0 Å². The van der Waals surface area contributed by atoms with Gasteiger partial charge in [0.2, 0.25) is 0 Å². The van der Waals surface area contributed by atoms with E-state index in [1.165, 1.54) is 17.7 Å². The van der Waals surface area contributed by atoms with Crippen LogP contribution in [0, 0.1) is 0 Å². The summed E-state index contributed by atoms with van der Waals surface area (Å²) in [7, 11) is 0. The fourth-order valence-electron chi connectivity index (χ4n) is 2.12. The van der Waals surface area contributed by atoms with Crippen LogP contribution in [0.2, 0.25) is 0 Å². The number of thiocarbonyl (C=S) groups is 1. The molecule has 0 atom stereocenters. The number of carbonyl (C=O) groups is 1. The summed E-state index contributed by atoms with van der Waals surface area (Å²) >= 11 is 7.91. The number of carbonyl (C=O) groups excluding carboxylic acids is 1. The van der Waals surface area contributed by atoms with Crippen molar-refractivity contribution in [1.82, 2.24) is 10.6 Å². The average molecular weight is 413 g/mol. The molecule has 0 spiro atoms. The molecule has 0 aromatic heterocycles. The molecule has 0 saturated carbocycles. The minimum absolute atomic E-state index is 0.0732. The van der Waals surface area contributed by atoms with Crippen molar-refractivity contribution in [2.24, 2.45) is 0 Å². The van der Waals surface area contributed by atoms with E-state index in [1.54, 1.807) is 24.8 Å². The van der Waals surface area contributed by atoms with Crippen LogP contribution in [0.3, 0.4) is 0 Å². The van der Waals surface area contributed by atoms with Crippen LogP contribution in [0.15, 0.2) is 23.0 Å². The molecule has 2 N–H and O–H groups in total. The van der Waals surface area contributed by atoms with Gasteiger partial charge in [-0.2, -0.15) is 0 Å². The first-order chi connectivity index (χ1) is 10.0. The number of thioether (sulfide) groups is 1. The zero-order chi connectivity index (χ0) is 16.3. The molecule has 119 valence electrons. The van der Waals surface area contributed by atoms with Crippen LogP contribution < -0.4 is 10.6 Å². The second-order valence-electron chi connectivity index (χ2n) is 4.59. The summed E-state index contributed by atoms with van der Waals surface area (Å²) in [5.74, 6) is 0.0732. The van der Waals surface area contributed by atoms with E-state index in [2.05, 4.69) is 10.6 Å². The molecule has 0 amide bonds. The summed E-state index contributed by atoms with van der Waals surface area (Å²) in [6, 6.07) is 0. The van der Waals surface area contributed by atoms with Gasteiger partial charge in [0.1, 0.15) is 0 Å². The molecule has 1 rings (SSSR count). The molecular formula is C14H22N2O2S2Tc. The number of hydrogen-bond donors (Lipinski definition) is 2. The van der Waals surface area contributed by atoms with Crippen molar-refractivity contribution in [3.05, 3.63) is 23.0 Å². The Kier molecular flexibility index (Phi) is 12.0. The van der Waals surface area contributed by atoms with Crippen LogP contribution in [-0.4, -0.2) is 29.3 Å². The SMILES string of the molecule is CSC(=S)C1=C(NCCN/C(C)=C\C(C)=O)CCC1.[O]=[99Tc]. The minimum atomic E-state index is 0.0732. The Hall–Kier alpha value is -0.361. The van der Waals surface area contributed by atoms with E-state index < -0.39 is 0 Å². The third-order valence-corrected chi connectivity index (χ3v) is 4.30. The van der Waals surface area contributed by atoms with E-state index in [0.29, 0.717) is 0 Å². The number of ketones is 1. The van der Waals surface area contributed by atoms with Gasteiger partial charge in [0, 0.05) is 24.5 Å². The molecule has 0 aromatic carbocycles. The van der Waals surface area contributed by atoms with Crippen LogP contribution in [0.5, 0.6) is 0 Å². The second-order valence-corrected chi connectivity index (χ2v) is 6.08. The number of rotatable bonds is 7. The molecule has 0 aliphatic heterocycles. The summed E-state index contributed by atoms with van der Waals surface area (Å²) in [6.07, 6.45) is 7.03. The first-order valence-corrected chi connectivity index (χ1v) is 9.06. The molecule has 0 fully saturated rings. The second kappa shape index (κ2) is 12.2. The van der Waals surface area contributed by atoms with Crippen molar-refractivity contribution < 1.29 is 27.2 Å². The van der Waals surface area contributed by atoms with Crippen molar-refractivity contribution in [3.8, 4) is 0 Å². The molecule has 1 aliphatic rings. The number of allylic oxidation sites excluding steroid dienone is 3. The van der Waals surface area contributed by atoms with Gasteiger partial charge in [-0.15, -0.1) is 11.8 Å². The molecule has 4 nitrogen and oxygen atoms in total. The van der Waals surface area contributed by atoms with Crippen molar-refractivity contribution in [2.45, 2.75) is 33.1 Å². The number of hydrogen-bond acceptors (Lipinski definition) is 6. The number of nitrogens with one attached hydrogen (secondary N) is 2. The van der Waals surface area contributed by atoms with Gasteiger partial charge >= 0.3 is 22.4 Å². The van der Waals surface area contributed by atoms with Crippen LogP contribution >= 0.6 is 24.0 Å². The summed E-state index contributed by atoms with van der Waals surface area (Å²) < 4.78 is 9.23. The third-order valence-electron chi connectivity index (χ3n) is 2.94. The van der Waals surface area contributed by atoms with E-state index in [0.717, 1.165) is 54.7 Å². The Bertz CT molecular complexity index is 437. The monoisotopic (exact) mass is 413 g/mol. The maximum absolute atomic E-state index is 10.9. The Balaban J connectivity index is 0.00000191. The zero-order valence-corrected chi connectivity index (χ0v) is 16.1. The molecule has 0 aromatic rings. The van der Waals surface area contributed by atoms with Crippen molar-refractivity contribution in [1.29, 1.82) is 0 Å². The molecule has 1 aliphatic carbocycles. The first-order valence-electron chi connectivity index (χ1n) is 6.67. The fourth-order valence-corrected chi connectivity index (χ4v) is 2.81. The van der Waals surface area contributed by atoms with E-state index >= 15 is 0 Å². The predicted molar refractivity (Wildman–Crippen MR) is 88.1 cm³/mol. The summed E-state index contributed by atoms with van der Waals surface area (Å²) in [6.45, 7) is 5.12. The van der Waals surface area contributed by atoms with Gasteiger partial charge in [-0.3, -0.25) is 4.79 Å². The van der Waals surface area contributed by atoms with Gasteiger partial charge in [-0.1, -0.05) is 12.2 Å². The third kappa shape index (κ3) is 8.61. The van der Waals surface area contributed by atoms with Gasteiger partial charge < -0.3 is 10.6 Å². The van der Waals surface area contributed by atoms with E-state index in [4.69, 9.17) is 15.7 Å². The molecule has 0 unspecified atom stereocenters. The van der Waals surface area contributed by atoms with Gasteiger partial charge in [0.15, 0.2) is 5.78 Å². The molecule has 0 saturated heterocycles. The predicted octanol–water partition coefficient (Wildman–Crippen LogP) is 2.67. The van der Waals surface area contributed by atoms with Gasteiger partial charge in [0.25, 0.3) is 0 Å². The van der Waals surface area contributed by atoms with Crippen LogP contribution in [-0.2, 0) is 27.2 Å². The maximum atomic E-state index is 10.9. The molecule has 7 heteroatoms. The standard InChI is InChI=1S/C14H22N2OS2.O.Tc/c1-10(9-11(2)17)15-7-8-16-13-6-4-5-12(13)14(18)19-3;;/h9,15-16H,4-8H2,1-3H3;;/b10-9-;;/i;;1+1. The van der Waals surface area contributed by atoms with Crippen molar-refractivity contribution >= 4 is 34.0 Å². The topological polar surface area (TPSA) is 58.2 Å². The Morgan fingerprint density at radius 1 is 1.33 bits per heavy atom. The summed E-state index contributed by atoms with van der Waals surface area (Å²) in [5.41, 5.74) is 3.53. The van der Waals surface area contributed by atoms with Gasteiger partial charge in [-0.05, 0) is 51.0 Å². The molecule has 0 radical (unpaired) electrons. The molecule has 0 heterocycles. The molecule has 0 bridgehead atoms. The van der Waals surface area contributed by atoms with Gasteiger partial charge in [0.05, 0.1) is 4.20 Å². The average Bonchev–Trinajstić information content (AvgIpc) is 2.92. The van der Waals surface area contributed by atoms with E-state index in [9.17, 15) is 4.79 Å². The summed E-state index contributed by atoms with van der Waals surface area (Å²) in [5, 5.41) is 6.67. The Morgan fingerprint density at radius 3 is 2.57 bits per heavy atom. The summed E-state index contributed by atoms with van der Waals surface area (Å²) in [4.78, 5) is 10.9. The van der Waals surface area contributed by atoms with E-state index in [-0.39, 0.29) is 5.78 Å². The van der Waals surface area contributed by atoms with Crippen molar-refractivity contribution in [2.75, 3.05) is 19.3 Å². The molecule has 21 heavy (non-hydrogen) atoms. The Morgan fingerprint density at radius 2 is 2.00 bits per heavy atom. The first kappa shape index (κ1) is 20.6. The quantitative estimate of drug-likeness (QED) is 0.380. The van der Waals surface area contributed by atoms with E-state index in [1.807, 2.05) is 13.2 Å². The van der Waals surface area contributed by atoms with Crippen molar-refractivity contribution in [3.63, 3.8) is 0 Å². The van der Waals surface area contributed by atoms with Crippen LogP contribution in [0.1, 0.15) is 33.1 Å². The van der Waals surface area contributed by atoms with Crippen LogP contribution in [0.25, 0.3) is 0 Å². The normalized spacial score (nSPS) is 14.3.